The van der Waals surface area contributed by atoms with Crippen molar-refractivity contribution < 1.29 is 44.9 Å². The van der Waals surface area contributed by atoms with Crippen molar-refractivity contribution >= 4 is 0 Å². The molecule has 0 aliphatic carbocycles. The lowest BCUT2D eigenvalue weighted by molar-refractivity contribution is -0.320. The molecule has 1 saturated heterocycles. The number of alkyl halides is 2. The first-order chi connectivity index (χ1) is 21.1. The molecule has 0 bridgehead atoms. The zero-order valence-electron chi connectivity index (χ0n) is 23.7. The molecule has 1 aliphatic heterocycles. The van der Waals surface area contributed by atoms with Crippen LogP contribution in [0.3, 0.4) is 0 Å². The van der Waals surface area contributed by atoms with Gasteiger partial charge in [0.15, 0.2) is 23.7 Å². The molecule has 1 aliphatic rings. The Bertz CT molecular complexity index is 1580. The maximum Gasteiger partial charge on any atom is 0.383 e. The van der Waals surface area contributed by atoms with Crippen molar-refractivity contribution in [3.05, 3.63) is 119 Å². The minimum absolute atomic E-state index is 0.0173. The van der Waals surface area contributed by atoms with Crippen LogP contribution < -0.4 is 0 Å². The van der Waals surface area contributed by atoms with E-state index in [1.54, 1.807) is 12.1 Å². The summed E-state index contributed by atoms with van der Waals surface area (Å²) in [5, 5.41) is 0. The summed E-state index contributed by atoms with van der Waals surface area (Å²) in [7, 11) is 0. The van der Waals surface area contributed by atoms with Gasteiger partial charge in [-0.15, -0.1) is 0 Å². The highest BCUT2D eigenvalue weighted by Gasteiger charge is 2.38. The van der Waals surface area contributed by atoms with Gasteiger partial charge in [-0.1, -0.05) is 68.3 Å². The van der Waals surface area contributed by atoms with Crippen molar-refractivity contribution in [1.82, 2.24) is 0 Å². The van der Waals surface area contributed by atoms with Crippen molar-refractivity contribution in [2.24, 2.45) is 0 Å². The standard InChI is InChI=1S/C34H29F7O3/c1-2-3-4-5-20-6-10-24(11-7-20)34(40,41)44-25-18-42-33(43-19-25)22-9-13-26(29(36)15-22)21-8-12-27(28(35)14-21)23-16-30(37)32(39)31(38)17-23/h6-17,25,33H,2-5,18-19H2,1H3. The Kier molecular flexibility index (Phi) is 9.72. The van der Waals surface area contributed by atoms with Gasteiger partial charge in [-0.3, -0.25) is 0 Å². The third kappa shape index (κ3) is 7.14. The van der Waals surface area contributed by atoms with E-state index >= 15 is 4.39 Å². The molecular weight excluding hydrogens is 589 g/mol. The summed E-state index contributed by atoms with van der Waals surface area (Å²) in [5.74, 6) is -6.25. The highest BCUT2D eigenvalue weighted by Crippen LogP contribution is 2.35. The smallest absolute Gasteiger partial charge is 0.346 e. The molecule has 10 heteroatoms. The zero-order chi connectivity index (χ0) is 31.4. The normalized spacial score (nSPS) is 17.2. The topological polar surface area (TPSA) is 27.7 Å². The molecule has 0 unspecified atom stereocenters. The molecule has 0 radical (unpaired) electrons. The van der Waals surface area contributed by atoms with Gasteiger partial charge in [0.2, 0.25) is 0 Å². The largest absolute Gasteiger partial charge is 0.383 e. The molecule has 232 valence electrons. The van der Waals surface area contributed by atoms with E-state index in [1.165, 1.54) is 36.4 Å². The van der Waals surface area contributed by atoms with E-state index in [0.29, 0.717) is 12.1 Å². The van der Waals surface area contributed by atoms with Gasteiger partial charge in [0.05, 0.1) is 18.8 Å². The van der Waals surface area contributed by atoms with E-state index in [1.807, 2.05) is 0 Å². The Labute approximate surface area is 250 Å². The predicted molar refractivity (Wildman–Crippen MR) is 150 cm³/mol. The summed E-state index contributed by atoms with van der Waals surface area (Å²) in [4.78, 5) is 0. The Morgan fingerprint density at radius 1 is 0.705 bits per heavy atom. The van der Waals surface area contributed by atoms with E-state index in [4.69, 9.17) is 14.2 Å². The van der Waals surface area contributed by atoms with Crippen LogP contribution in [-0.2, 0) is 26.7 Å². The fourth-order valence-electron chi connectivity index (χ4n) is 5.01. The minimum atomic E-state index is -3.57. The maximum atomic E-state index is 15.1. The van der Waals surface area contributed by atoms with Crippen molar-refractivity contribution in [3.63, 3.8) is 0 Å². The average molecular weight is 619 g/mol. The van der Waals surface area contributed by atoms with E-state index in [9.17, 15) is 26.3 Å². The van der Waals surface area contributed by atoms with Crippen LogP contribution in [0.15, 0.2) is 72.8 Å². The number of hydrogen-bond acceptors (Lipinski definition) is 3. The molecule has 4 aromatic carbocycles. The monoisotopic (exact) mass is 618 g/mol. The van der Waals surface area contributed by atoms with Crippen molar-refractivity contribution in [3.8, 4) is 22.3 Å². The van der Waals surface area contributed by atoms with Gasteiger partial charge < -0.3 is 14.2 Å². The lowest BCUT2D eigenvalue weighted by Gasteiger charge is -2.32. The van der Waals surface area contributed by atoms with Crippen LogP contribution in [0.4, 0.5) is 30.7 Å². The first-order valence-corrected chi connectivity index (χ1v) is 14.2. The molecule has 0 aromatic heterocycles. The number of rotatable bonds is 10. The Balaban J connectivity index is 1.20. The van der Waals surface area contributed by atoms with Crippen molar-refractivity contribution in [2.45, 2.75) is 51.1 Å². The van der Waals surface area contributed by atoms with E-state index in [0.717, 1.165) is 43.4 Å². The van der Waals surface area contributed by atoms with Crippen molar-refractivity contribution in [2.75, 3.05) is 13.2 Å². The minimum Gasteiger partial charge on any atom is -0.346 e. The molecular formula is C34H29F7O3. The molecule has 0 atom stereocenters. The third-order valence-electron chi connectivity index (χ3n) is 7.38. The van der Waals surface area contributed by atoms with Crippen LogP contribution in [0.5, 0.6) is 0 Å². The molecule has 0 saturated carbocycles. The molecule has 4 aromatic rings. The highest BCUT2D eigenvalue weighted by atomic mass is 19.3. The van der Waals surface area contributed by atoms with Gasteiger partial charge in [-0.25, -0.2) is 22.0 Å². The number of aryl methyl sites for hydroxylation is 1. The summed E-state index contributed by atoms with van der Waals surface area (Å²) in [6.07, 6.45) is -1.73. The second kappa shape index (κ2) is 13.5. The van der Waals surface area contributed by atoms with Gasteiger partial charge in [0, 0.05) is 16.7 Å². The molecule has 0 amide bonds. The maximum absolute atomic E-state index is 15.1. The van der Waals surface area contributed by atoms with Gasteiger partial charge in [-0.2, -0.15) is 8.78 Å². The van der Waals surface area contributed by atoms with E-state index < -0.39 is 47.6 Å². The lowest BCUT2D eigenvalue weighted by atomic mass is 9.98. The van der Waals surface area contributed by atoms with Gasteiger partial charge in [0.25, 0.3) is 0 Å². The van der Waals surface area contributed by atoms with Crippen LogP contribution >= 0.6 is 0 Å². The fourth-order valence-corrected chi connectivity index (χ4v) is 5.01. The summed E-state index contributed by atoms with van der Waals surface area (Å²) in [5.41, 5.74) is 0.696. The Hall–Kier alpha value is -3.73. The zero-order valence-corrected chi connectivity index (χ0v) is 23.7. The predicted octanol–water partition coefficient (Wildman–Crippen LogP) is 9.63. The molecule has 1 heterocycles. The molecule has 5 rings (SSSR count). The summed E-state index contributed by atoms with van der Waals surface area (Å²) in [6.45, 7) is 1.64. The van der Waals surface area contributed by atoms with Crippen LogP contribution in [0.1, 0.15) is 49.2 Å². The molecule has 0 N–H and O–H groups in total. The summed E-state index contributed by atoms with van der Waals surface area (Å²) >= 11 is 0. The number of halogens is 7. The molecule has 0 spiro atoms. The van der Waals surface area contributed by atoms with Crippen LogP contribution in [0, 0.1) is 29.1 Å². The molecule has 1 fully saturated rings. The number of ether oxygens (including phenoxy) is 3. The van der Waals surface area contributed by atoms with Gasteiger partial charge in [0.1, 0.15) is 17.7 Å². The van der Waals surface area contributed by atoms with Crippen molar-refractivity contribution in [1.29, 1.82) is 0 Å². The fraction of sp³-hybridized carbons (Fsp3) is 0.294. The number of benzene rings is 4. The quantitative estimate of drug-likeness (QED) is 0.101. The average Bonchev–Trinajstić information content (AvgIpc) is 3.00. The van der Waals surface area contributed by atoms with Crippen LogP contribution in [0.2, 0.25) is 0 Å². The molecule has 44 heavy (non-hydrogen) atoms. The summed E-state index contributed by atoms with van der Waals surface area (Å²) in [6, 6.07) is 14.9. The first kappa shape index (κ1) is 31.7. The van der Waals surface area contributed by atoms with Crippen LogP contribution in [0.25, 0.3) is 22.3 Å². The van der Waals surface area contributed by atoms with Gasteiger partial charge >= 0.3 is 6.11 Å². The number of unbranched alkanes of at least 4 members (excludes halogenated alkanes) is 2. The van der Waals surface area contributed by atoms with Crippen LogP contribution in [-0.4, -0.2) is 19.3 Å². The van der Waals surface area contributed by atoms with E-state index in [-0.39, 0.29) is 46.6 Å². The third-order valence-corrected chi connectivity index (χ3v) is 7.38. The Morgan fingerprint density at radius 2 is 1.30 bits per heavy atom. The summed E-state index contributed by atoms with van der Waals surface area (Å²) < 4.78 is 116. The SMILES string of the molecule is CCCCCc1ccc(C(F)(F)OC2COC(c3ccc(-c4ccc(-c5cc(F)c(F)c(F)c5)c(F)c4)c(F)c3)OC2)cc1. The second-order valence-corrected chi connectivity index (χ2v) is 10.6. The second-order valence-electron chi connectivity index (χ2n) is 10.6. The Morgan fingerprint density at radius 3 is 1.91 bits per heavy atom. The first-order valence-electron chi connectivity index (χ1n) is 14.2. The highest BCUT2D eigenvalue weighted by molar-refractivity contribution is 5.71. The van der Waals surface area contributed by atoms with Gasteiger partial charge in [-0.05, 0) is 53.8 Å². The lowest BCUT2D eigenvalue weighted by Crippen LogP contribution is -2.38. The van der Waals surface area contributed by atoms with E-state index in [2.05, 4.69) is 6.92 Å². The number of hydrogen-bond donors (Lipinski definition) is 0. The molecule has 3 nitrogen and oxygen atoms in total.